The minimum Gasteiger partial charge on any atom is -0.204 e. The second-order valence-electron chi connectivity index (χ2n) is 9.11. The molecule has 2 heterocycles. The Morgan fingerprint density at radius 3 is 1.10 bits per heavy atom. The predicted octanol–water partition coefficient (Wildman–Crippen LogP) is 4.87. The number of rotatable bonds is 2. The Kier molecular flexibility index (Phi) is 7.45. The molecule has 2 aromatic heterocycles. The number of nitriles is 6. The summed E-state index contributed by atoms with van der Waals surface area (Å²) in [6.45, 7) is 0. The molecule has 12 nitrogen and oxygen atoms in total. The highest BCUT2D eigenvalue weighted by molar-refractivity contribution is 6.29. The lowest BCUT2D eigenvalue weighted by atomic mass is 9.91. The third kappa shape index (κ3) is 4.98. The lowest BCUT2D eigenvalue weighted by molar-refractivity contribution is -0.146. The number of hydrogen-bond acceptors (Lipinski definition) is 12. The number of fused-ring (bicyclic) bond motifs is 2. The van der Waals surface area contributed by atoms with Gasteiger partial charge in [0.1, 0.15) is 47.6 Å². The zero-order chi connectivity index (χ0) is 35.3. The molecule has 0 radical (unpaired) electrons. The van der Waals surface area contributed by atoms with Gasteiger partial charge in [0.25, 0.3) is 0 Å². The number of aromatic nitrogens is 6. The van der Waals surface area contributed by atoms with Crippen LogP contribution in [0.2, 0.25) is 0 Å². The molecule has 230 valence electrons. The first-order chi connectivity index (χ1) is 22.6. The summed E-state index contributed by atoms with van der Waals surface area (Å²) in [5.41, 5.74) is -7.17. The van der Waals surface area contributed by atoms with E-state index in [0.717, 1.165) is 12.1 Å². The quantitative estimate of drug-likeness (QED) is 0.266. The Balaban J connectivity index is 1.93. The van der Waals surface area contributed by atoms with Gasteiger partial charge < -0.3 is 0 Å². The van der Waals surface area contributed by atoms with E-state index in [1.807, 2.05) is 0 Å². The summed E-state index contributed by atoms with van der Waals surface area (Å²) in [4.78, 5) is 18.0. The van der Waals surface area contributed by atoms with Gasteiger partial charge in [-0.3, -0.25) is 0 Å². The molecule has 2 aliphatic carbocycles. The van der Waals surface area contributed by atoms with Crippen LogP contribution in [-0.4, -0.2) is 29.9 Å². The molecule has 1 aromatic carbocycles. The van der Waals surface area contributed by atoms with Gasteiger partial charge >= 0.3 is 24.5 Å². The van der Waals surface area contributed by atoms with Gasteiger partial charge in [-0.1, -0.05) is 0 Å². The zero-order valence-corrected chi connectivity index (χ0v) is 22.5. The largest absolute Gasteiger partial charge is 0.451 e. The molecular formula is C28H2F8N12. The van der Waals surface area contributed by atoms with Gasteiger partial charge in [0, 0.05) is 33.4 Å². The van der Waals surface area contributed by atoms with Gasteiger partial charge in [0.15, 0.2) is 11.6 Å². The first-order valence-corrected chi connectivity index (χ1v) is 12.2. The van der Waals surface area contributed by atoms with Crippen LogP contribution in [0.5, 0.6) is 0 Å². The Hall–Kier alpha value is -7.42. The molecule has 0 bridgehead atoms. The molecule has 0 atom stereocenters. The van der Waals surface area contributed by atoms with Crippen molar-refractivity contribution < 1.29 is 35.1 Å². The minimum absolute atomic E-state index is 0.339. The summed E-state index contributed by atoms with van der Waals surface area (Å²) < 4.78 is 109. The Labute approximate surface area is 260 Å². The van der Waals surface area contributed by atoms with E-state index >= 15 is 0 Å². The van der Waals surface area contributed by atoms with E-state index in [-0.39, 0.29) is 22.3 Å². The summed E-state index contributed by atoms with van der Waals surface area (Å²) in [7, 11) is 0. The fourth-order valence-corrected chi connectivity index (χ4v) is 4.87. The maximum atomic E-state index is 14.3. The fraction of sp³-hybridized carbons (Fsp3) is 0.0714. The number of benzene rings is 1. The summed E-state index contributed by atoms with van der Waals surface area (Å²) in [5.74, 6) is -6.35. The van der Waals surface area contributed by atoms with Crippen molar-refractivity contribution in [2.75, 3.05) is 0 Å². The van der Waals surface area contributed by atoms with Crippen molar-refractivity contribution in [1.29, 1.82) is 31.6 Å². The van der Waals surface area contributed by atoms with E-state index in [1.54, 1.807) is 12.1 Å². The molecule has 0 amide bonds. The molecule has 3 aromatic rings. The number of nitrogens with zero attached hydrogens (tertiary/aromatic N) is 12. The van der Waals surface area contributed by atoms with Crippen molar-refractivity contribution in [2.45, 2.75) is 12.4 Å². The average molecular weight is 658 g/mol. The normalized spacial score (nSPS) is 13.5. The monoisotopic (exact) mass is 658 g/mol. The fourth-order valence-electron chi connectivity index (χ4n) is 4.87. The lowest BCUT2D eigenvalue weighted by Crippen LogP contribution is -2.15. The first-order valence-electron chi connectivity index (χ1n) is 12.2. The third-order valence-corrected chi connectivity index (χ3v) is 6.58. The summed E-state index contributed by atoms with van der Waals surface area (Å²) in [5, 5.41) is 59.1. The molecule has 0 saturated heterocycles. The molecular weight excluding hydrogens is 656 g/mol. The topological polar surface area (TPSA) is 220 Å². The highest BCUT2D eigenvalue weighted by atomic mass is 19.4. The third-order valence-electron chi connectivity index (χ3n) is 6.58. The van der Waals surface area contributed by atoms with Crippen LogP contribution in [0.25, 0.3) is 33.4 Å². The van der Waals surface area contributed by atoms with Crippen LogP contribution in [0, 0.1) is 80.1 Å². The molecule has 48 heavy (non-hydrogen) atoms. The zero-order valence-electron chi connectivity index (χ0n) is 22.5. The van der Waals surface area contributed by atoms with Crippen LogP contribution in [0.4, 0.5) is 35.1 Å². The van der Waals surface area contributed by atoms with Crippen molar-refractivity contribution in [3.05, 3.63) is 81.0 Å². The van der Waals surface area contributed by atoms with Crippen LogP contribution in [0.3, 0.4) is 0 Å². The molecule has 0 unspecified atom stereocenters. The highest BCUT2D eigenvalue weighted by Gasteiger charge is 2.42. The van der Waals surface area contributed by atoms with Crippen LogP contribution in [-0.2, 0) is 12.4 Å². The Morgan fingerprint density at radius 2 is 0.833 bits per heavy atom. The maximum Gasteiger partial charge on any atom is 0.451 e. The molecule has 0 N–H and O–H groups in total. The molecule has 0 saturated carbocycles. The number of halogens is 8. The lowest BCUT2D eigenvalue weighted by Gasteiger charge is -2.11. The van der Waals surface area contributed by atoms with Gasteiger partial charge in [0.05, 0.1) is 11.1 Å². The smallest absolute Gasteiger partial charge is 0.204 e. The standard InChI is InChI=1S/C28H2F8N12/c29-25-45-21(43-23(47-25)27(31,32)33)19-15(7-41)11-1-13-12(2-14(11)18(19)10(5-39)6-40)16(8-42)20(17(13)9(3-37)4-38)22-44-24(28(34,35)36)48-26(30)46-22/h1-2H. The molecule has 0 aliphatic heterocycles. The van der Waals surface area contributed by atoms with Gasteiger partial charge in [0.2, 0.25) is 11.6 Å². The first kappa shape index (κ1) is 32.0. The summed E-state index contributed by atoms with van der Waals surface area (Å²) in [6.07, 6.45) is -14.6. The second-order valence-corrected chi connectivity index (χ2v) is 9.11. The number of allylic oxidation sites excluding steroid dienone is 8. The van der Waals surface area contributed by atoms with E-state index in [4.69, 9.17) is 0 Å². The molecule has 0 spiro atoms. The van der Waals surface area contributed by atoms with Crippen LogP contribution < -0.4 is 0 Å². The van der Waals surface area contributed by atoms with Gasteiger partial charge in [-0.05, 0) is 23.3 Å². The predicted molar refractivity (Wildman–Crippen MR) is 137 cm³/mol. The van der Waals surface area contributed by atoms with Crippen molar-refractivity contribution >= 4 is 33.4 Å². The maximum absolute atomic E-state index is 14.3. The molecule has 20 heteroatoms. The van der Waals surface area contributed by atoms with E-state index in [9.17, 15) is 66.7 Å². The highest BCUT2D eigenvalue weighted by Crippen LogP contribution is 2.53. The summed E-state index contributed by atoms with van der Waals surface area (Å²) in [6, 6.07) is 11.1. The van der Waals surface area contributed by atoms with Crippen LogP contribution >= 0.6 is 0 Å². The minimum atomic E-state index is -5.33. The van der Waals surface area contributed by atoms with Crippen LogP contribution in [0.1, 0.15) is 45.6 Å². The van der Waals surface area contributed by atoms with Crippen LogP contribution in [0.15, 0.2) is 23.3 Å². The second kappa shape index (κ2) is 11.2. The number of hydrogen-bond donors (Lipinski definition) is 0. The Morgan fingerprint density at radius 1 is 0.500 bits per heavy atom. The van der Waals surface area contributed by atoms with Gasteiger partial charge in [-0.2, -0.15) is 86.6 Å². The molecule has 2 aliphatic rings. The molecule has 0 fully saturated rings. The van der Waals surface area contributed by atoms with E-state index in [0.29, 0.717) is 0 Å². The van der Waals surface area contributed by atoms with Crippen molar-refractivity contribution in [1.82, 2.24) is 29.9 Å². The molecule has 5 rings (SSSR count). The van der Waals surface area contributed by atoms with Gasteiger partial charge in [-0.15, -0.1) is 0 Å². The van der Waals surface area contributed by atoms with Gasteiger partial charge in [-0.25, -0.2) is 9.97 Å². The summed E-state index contributed by atoms with van der Waals surface area (Å²) >= 11 is 0. The van der Waals surface area contributed by atoms with Crippen molar-refractivity contribution in [2.24, 2.45) is 0 Å². The SMILES string of the molecule is N#CC(C#N)=C1C(c2nc(F)nc(C(F)(F)F)n2)=C(C#N)c2cc3c(cc21)C(C#N)=C(c1nc(F)nc(C(F)(F)F)n1)C3=C(C#N)C#N. The number of alkyl halides is 6. The average Bonchev–Trinajstić information content (AvgIpc) is 3.52. The Bertz CT molecular complexity index is 2210. The van der Waals surface area contributed by atoms with E-state index < -0.39 is 92.4 Å². The van der Waals surface area contributed by atoms with Crippen molar-refractivity contribution in [3.8, 4) is 36.4 Å². The van der Waals surface area contributed by atoms with E-state index in [2.05, 4.69) is 29.9 Å². The van der Waals surface area contributed by atoms with E-state index in [1.165, 1.54) is 24.3 Å². The van der Waals surface area contributed by atoms with Crippen molar-refractivity contribution in [3.63, 3.8) is 0 Å².